The highest BCUT2D eigenvalue weighted by Crippen LogP contribution is 2.06. The van der Waals surface area contributed by atoms with Crippen molar-refractivity contribution in [3.05, 3.63) is 0 Å². The van der Waals surface area contributed by atoms with Gasteiger partial charge in [0.05, 0.1) is 0 Å². The average Bonchev–Trinajstić information content (AvgIpc) is 2.22. The van der Waals surface area contributed by atoms with Gasteiger partial charge in [-0.05, 0) is 37.7 Å². The van der Waals surface area contributed by atoms with Crippen LogP contribution in [0.4, 0.5) is 0 Å². The maximum atomic E-state index is 12.0. The van der Waals surface area contributed by atoms with E-state index in [0.717, 1.165) is 12.2 Å². The molecule has 0 aliphatic carbocycles. The molecular formula is C13H26N2O2S. The van der Waals surface area contributed by atoms with Crippen LogP contribution in [0.1, 0.15) is 40.5 Å². The molecule has 0 fully saturated rings. The summed E-state index contributed by atoms with van der Waals surface area (Å²) in [4.78, 5) is 23.1. The number of amides is 2. The van der Waals surface area contributed by atoms with Crippen LogP contribution in [0.3, 0.4) is 0 Å². The summed E-state index contributed by atoms with van der Waals surface area (Å²) in [5.74, 6) is 1.17. The molecular weight excluding hydrogens is 248 g/mol. The highest BCUT2D eigenvalue weighted by molar-refractivity contribution is 7.98. The molecule has 18 heavy (non-hydrogen) atoms. The number of hydrogen-bond donors (Lipinski definition) is 2. The van der Waals surface area contributed by atoms with Gasteiger partial charge in [0.2, 0.25) is 11.8 Å². The molecule has 0 aromatic heterocycles. The Morgan fingerprint density at radius 3 is 2.22 bits per heavy atom. The Kier molecular flexibility index (Phi) is 8.89. The fourth-order valence-electron chi connectivity index (χ4n) is 1.86. The zero-order valence-electron chi connectivity index (χ0n) is 12.1. The second kappa shape index (κ2) is 9.25. The molecule has 2 atom stereocenters. The summed E-state index contributed by atoms with van der Waals surface area (Å²) in [6.07, 6.45) is 3.60. The lowest BCUT2D eigenvalue weighted by molar-refractivity contribution is -0.128. The van der Waals surface area contributed by atoms with E-state index in [-0.39, 0.29) is 17.9 Å². The molecule has 5 heteroatoms. The van der Waals surface area contributed by atoms with Crippen molar-refractivity contribution in [1.29, 1.82) is 0 Å². The van der Waals surface area contributed by atoms with Gasteiger partial charge in [0.15, 0.2) is 0 Å². The summed E-state index contributed by atoms with van der Waals surface area (Å²) in [5.41, 5.74) is 0. The van der Waals surface area contributed by atoms with Gasteiger partial charge in [-0.25, -0.2) is 0 Å². The molecule has 106 valence electrons. The van der Waals surface area contributed by atoms with Crippen molar-refractivity contribution < 1.29 is 9.59 Å². The van der Waals surface area contributed by atoms with E-state index in [1.165, 1.54) is 6.92 Å². The van der Waals surface area contributed by atoms with Gasteiger partial charge in [-0.3, -0.25) is 9.59 Å². The maximum Gasteiger partial charge on any atom is 0.242 e. The second-order valence-corrected chi connectivity index (χ2v) is 6.06. The monoisotopic (exact) mass is 274 g/mol. The Labute approximate surface area is 115 Å². The van der Waals surface area contributed by atoms with Crippen LogP contribution in [0.15, 0.2) is 0 Å². The third kappa shape index (κ3) is 8.39. The minimum absolute atomic E-state index is 0.0765. The number of carbonyl (C=O) groups excluding carboxylic acids is 2. The number of thioether (sulfide) groups is 1. The second-order valence-electron chi connectivity index (χ2n) is 5.07. The predicted octanol–water partition coefficient (Wildman–Crippen LogP) is 1.79. The number of rotatable bonds is 8. The van der Waals surface area contributed by atoms with Crippen molar-refractivity contribution in [2.24, 2.45) is 5.92 Å². The van der Waals surface area contributed by atoms with Crippen molar-refractivity contribution in [3.8, 4) is 0 Å². The Balaban J connectivity index is 4.30. The number of hydrogen-bond acceptors (Lipinski definition) is 3. The molecule has 0 rings (SSSR count). The van der Waals surface area contributed by atoms with Gasteiger partial charge >= 0.3 is 0 Å². The van der Waals surface area contributed by atoms with Crippen LogP contribution in [0.2, 0.25) is 0 Å². The average molecular weight is 274 g/mol. The zero-order valence-corrected chi connectivity index (χ0v) is 12.9. The van der Waals surface area contributed by atoms with Gasteiger partial charge in [0.25, 0.3) is 0 Å². The van der Waals surface area contributed by atoms with Gasteiger partial charge in [-0.1, -0.05) is 13.8 Å². The minimum Gasteiger partial charge on any atom is -0.352 e. The highest BCUT2D eigenvalue weighted by atomic mass is 32.2. The number of nitrogens with one attached hydrogen (secondary N) is 2. The molecule has 2 N–H and O–H groups in total. The van der Waals surface area contributed by atoms with Crippen molar-refractivity contribution in [2.75, 3.05) is 12.0 Å². The first-order chi connectivity index (χ1) is 8.36. The summed E-state index contributed by atoms with van der Waals surface area (Å²) in [6.45, 7) is 7.69. The zero-order chi connectivity index (χ0) is 14.1. The molecule has 0 heterocycles. The van der Waals surface area contributed by atoms with Gasteiger partial charge in [-0.15, -0.1) is 0 Å². The van der Waals surface area contributed by atoms with Gasteiger partial charge in [0.1, 0.15) is 6.04 Å². The molecule has 4 nitrogen and oxygen atoms in total. The lowest BCUT2D eigenvalue weighted by Gasteiger charge is -2.21. The quantitative estimate of drug-likeness (QED) is 0.709. The van der Waals surface area contributed by atoms with Crippen LogP contribution < -0.4 is 10.6 Å². The Bertz CT molecular complexity index is 270. The van der Waals surface area contributed by atoms with Crippen LogP contribution in [0, 0.1) is 5.92 Å². The first-order valence-corrected chi connectivity index (χ1v) is 7.82. The van der Waals surface area contributed by atoms with Crippen molar-refractivity contribution in [2.45, 2.75) is 52.6 Å². The molecule has 0 aromatic carbocycles. The summed E-state index contributed by atoms with van der Waals surface area (Å²) < 4.78 is 0. The first-order valence-electron chi connectivity index (χ1n) is 6.43. The normalized spacial score (nSPS) is 14.1. The predicted molar refractivity (Wildman–Crippen MR) is 77.7 cm³/mol. The standard InChI is InChI=1S/C13H26N2O2S/c1-9(2)8-10(3)14-13(17)12(6-7-18-5)15-11(4)16/h9-10,12H,6-8H2,1-5H3,(H,14,17)(H,15,16). The topological polar surface area (TPSA) is 58.2 Å². The molecule has 0 aromatic rings. The van der Waals surface area contributed by atoms with Gasteiger partial charge in [-0.2, -0.15) is 11.8 Å². The maximum absolute atomic E-state index is 12.0. The van der Waals surface area contributed by atoms with Crippen molar-refractivity contribution in [1.82, 2.24) is 10.6 Å². The van der Waals surface area contributed by atoms with E-state index in [4.69, 9.17) is 0 Å². The van der Waals surface area contributed by atoms with Gasteiger partial charge < -0.3 is 10.6 Å². The summed E-state index contributed by atoms with van der Waals surface area (Å²) in [7, 11) is 0. The van der Waals surface area contributed by atoms with E-state index in [1.54, 1.807) is 11.8 Å². The molecule has 0 saturated heterocycles. The largest absolute Gasteiger partial charge is 0.352 e. The van der Waals surface area contributed by atoms with E-state index in [1.807, 2.05) is 13.2 Å². The molecule has 0 radical (unpaired) electrons. The van der Waals surface area contributed by atoms with Crippen molar-refractivity contribution in [3.63, 3.8) is 0 Å². The van der Waals surface area contributed by atoms with E-state index in [9.17, 15) is 9.59 Å². The highest BCUT2D eigenvalue weighted by Gasteiger charge is 2.20. The summed E-state index contributed by atoms with van der Waals surface area (Å²) in [6, 6.07) is -0.271. The molecule has 0 bridgehead atoms. The first kappa shape index (κ1) is 17.3. The fourth-order valence-corrected chi connectivity index (χ4v) is 2.33. The Morgan fingerprint density at radius 1 is 1.17 bits per heavy atom. The van der Waals surface area contributed by atoms with Crippen LogP contribution >= 0.6 is 11.8 Å². The molecule has 0 saturated carbocycles. The fraction of sp³-hybridized carbons (Fsp3) is 0.846. The minimum atomic E-state index is -0.412. The van der Waals surface area contributed by atoms with Crippen LogP contribution in [-0.4, -0.2) is 35.9 Å². The number of carbonyl (C=O) groups is 2. The van der Waals surface area contributed by atoms with E-state index >= 15 is 0 Å². The SMILES string of the molecule is CSCCC(NC(C)=O)C(=O)NC(C)CC(C)C. The third-order valence-corrected chi connectivity index (χ3v) is 3.16. The van der Waals surface area contributed by atoms with Crippen LogP contribution in [0.5, 0.6) is 0 Å². The lowest BCUT2D eigenvalue weighted by atomic mass is 10.0. The van der Waals surface area contributed by atoms with Crippen molar-refractivity contribution >= 4 is 23.6 Å². The third-order valence-electron chi connectivity index (χ3n) is 2.52. The molecule has 2 amide bonds. The molecule has 0 spiro atoms. The van der Waals surface area contributed by atoms with E-state index in [2.05, 4.69) is 24.5 Å². The lowest BCUT2D eigenvalue weighted by Crippen LogP contribution is -2.49. The molecule has 2 unspecified atom stereocenters. The van der Waals surface area contributed by atoms with E-state index in [0.29, 0.717) is 12.3 Å². The van der Waals surface area contributed by atoms with Gasteiger partial charge in [0, 0.05) is 13.0 Å². The van der Waals surface area contributed by atoms with Crippen LogP contribution in [0.25, 0.3) is 0 Å². The molecule has 0 aliphatic heterocycles. The summed E-state index contributed by atoms with van der Waals surface area (Å²) in [5, 5.41) is 5.67. The molecule has 0 aliphatic rings. The van der Waals surface area contributed by atoms with Crippen LogP contribution in [-0.2, 0) is 9.59 Å². The Morgan fingerprint density at radius 2 is 1.78 bits per heavy atom. The summed E-state index contributed by atoms with van der Waals surface area (Å²) >= 11 is 1.67. The van der Waals surface area contributed by atoms with E-state index < -0.39 is 6.04 Å². The Hall–Kier alpha value is -0.710. The smallest absolute Gasteiger partial charge is 0.242 e.